The SMILES string of the molecule is NS(=O)(=O)c1ccc(Cl)c(NC(=O)NCC2COCCO2)c1. The van der Waals surface area contributed by atoms with Gasteiger partial charge in [-0.2, -0.15) is 0 Å². The fourth-order valence-electron chi connectivity index (χ4n) is 1.80. The molecule has 2 rings (SSSR count). The zero-order valence-electron chi connectivity index (χ0n) is 11.5. The Bertz CT molecular complexity index is 646. The van der Waals surface area contributed by atoms with Gasteiger partial charge in [0.05, 0.1) is 41.5 Å². The highest BCUT2D eigenvalue weighted by Gasteiger charge is 2.16. The second-order valence-corrected chi connectivity index (χ2v) is 6.56. The minimum Gasteiger partial charge on any atom is -0.376 e. The molecule has 0 radical (unpaired) electrons. The summed E-state index contributed by atoms with van der Waals surface area (Å²) < 4.78 is 33.2. The molecule has 1 heterocycles. The van der Waals surface area contributed by atoms with Crippen molar-refractivity contribution in [2.75, 3.05) is 31.7 Å². The summed E-state index contributed by atoms with van der Waals surface area (Å²) >= 11 is 5.92. The molecular weight excluding hydrogens is 334 g/mol. The summed E-state index contributed by atoms with van der Waals surface area (Å²) in [4.78, 5) is 11.7. The second-order valence-electron chi connectivity index (χ2n) is 4.59. The number of nitrogens with two attached hydrogens (primary N) is 1. The monoisotopic (exact) mass is 349 g/mol. The van der Waals surface area contributed by atoms with Gasteiger partial charge in [0, 0.05) is 6.54 Å². The lowest BCUT2D eigenvalue weighted by Gasteiger charge is -2.23. The Labute approximate surface area is 133 Å². The van der Waals surface area contributed by atoms with Crippen LogP contribution < -0.4 is 15.8 Å². The first-order valence-electron chi connectivity index (χ1n) is 6.43. The molecule has 1 aliphatic heterocycles. The molecule has 1 aromatic rings. The molecule has 2 amide bonds. The van der Waals surface area contributed by atoms with E-state index in [9.17, 15) is 13.2 Å². The number of nitrogens with one attached hydrogen (secondary N) is 2. The first-order valence-corrected chi connectivity index (χ1v) is 8.35. The Hall–Kier alpha value is -1.39. The van der Waals surface area contributed by atoms with Gasteiger partial charge in [-0.25, -0.2) is 18.4 Å². The third kappa shape index (κ3) is 4.82. The van der Waals surface area contributed by atoms with E-state index in [0.29, 0.717) is 19.8 Å². The zero-order valence-corrected chi connectivity index (χ0v) is 13.1. The van der Waals surface area contributed by atoms with Gasteiger partial charge in [0.2, 0.25) is 10.0 Å². The lowest BCUT2D eigenvalue weighted by Crippen LogP contribution is -2.41. The summed E-state index contributed by atoms with van der Waals surface area (Å²) in [6.45, 7) is 1.69. The van der Waals surface area contributed by atoms with Crippen LogP contribution in [0.3, 0.4) is 0 Å². The van der Waals surface area contributed by atoms with Crippen molar-refractivity contribution in [1.82, 2.24) is 5.32 Å². The number of ether oxygens (including phenoxy) is 2. The van der Waals surface area contributed by atoms with Gasteiger partial charge in [-0.05, 0) is 18.2 Å². The summed E-state index contributed by atoms with van der Waals surface area (Å²) in [7, 11) is -3.87. The van der Waals surface area contributed by atoms with E-state index in [-0.39, 0.29) is 28.3 Å². The number of hydrogen-bond acceptors (Lipinski definition) is 5. The van der Waals surface area contributed by atoms with Crippen LogP contribution in [-0.2, 0) is 19.5 Å². The van der Waals surface area contributed by atoms with E-state index >= 15 is 0 Å². The smallest absolute Gasteiger partial charge is 0.319 e. The molecule has 0 aromatic heterocycles. The molecule has 10 heteroatoms. The summed E-state index contributed by atoms with van der Waals surface area (Å²) in [6, 6.07) is 3.25. The molecule has 1 aliphatic rings. The number of urea groups is 1. The largest absolute Gasteiger partial charge is 0.376 e. The highest BCUT2D eigenvalue weighted by molar-refractivity contribution is 7.89. The van der Waals surface area contributed by atoms with Crippen molar-refractivity contribution in [3.8, 4) is 0 Å². The van der Waals surface area contributed by atoms with E-state index in [2.05, 4.69) is 10.6 Å². The summed E-state index contributed by atoms with van der Waals surface area (Å²) in [5.74, 6) is 0. The number of rotatable bonds is 4. The van der Waals surface area contributed by atoms with E-state index < -0.39 is 16.1 Å². The Balaban J connectivity index is 1.96. The van der Waals surface area contributed by atoms with Gasteiger partial charge in [0.25, 0.3) is 0 Å². The lowest BCUT2D eigenvalue weighted by molar-refractivity contribution is -0.0852. The Morgan fingerprint density at radius 3 is 2.82 bits per heavy atom. The first-order chi connectivity index (χ1) is 10.4. The van der Waals surface area contributed by atoms with Crippen molar-refractivity contribution in [1.29, 1.82) is 0 Å². The minimum absolute atomic E-state index is 0.142. The molecule has 22 heavy (non-hydrogen) atoms. The standard InChI is InChI=1S/C12H16ClN3O5S/c13-10-2-1-9(22(14,18)19)5-11(10)16-12(17)15-6-8-7-20-3-4-21-8/h1-2,5,8H,3-4,6-7H2,(H2,14,18,19)(H2,15,16,17). The highest BCUT2D eigenvalue weighted by Crippen LogP contribution is 2.24. The van der Waals surface area contributed by atoms with Crippen LogP contribution in [-0.4, -0.2) is 46.9 Å². The number of sulfonamides is 1. The average molecular weight is 350 g/mol. The summed E-state index contributed by atoms with van der Waals surface area (Å²) in [5, 5.41) is 10.3. The molecule has 4 N–H and O–H groups in total. The molecule has 1 saturated heterocycles. The Kier molecular flexibility index (Phi) is 5.59. The number of anilines is 1. The molecule has 0 aliphatic carbocycles. The third-order valence-electron chi connectivity index (χ3n) is 2.89. The second kappa shape index (κ2) is 7.25. The predicted octanol–water partition coefficient (Wildman–Crippen LogP) is 0.524. The molecule has 1 aromatic carbocycles. The van der Waals surface area contributed by atoms with Crippen molar-refractivity contribution in [3.05, 3.63) is 23.2 Å². The van der Waals surface area contributed by atoms with Gasteiger partial charge >= 0.3 is 6.03 Å². The number of hydrogen-bond donors (Lipinski definition) is 3. The maximum absolute atomic E-state index is 11.8. The quantitative estimate of drug-likeness (QED) is 0.732. The Morgan fingerprint density at radius 2 is 2.18 bits per heavy atom. The van der Waals surface area contributed by atoms with Gasteiger partial charge in [-0.15, -0.1) is 0 Å². The maximum atomic E-state index is 11.8. The molecule has 0 saturated carbocycles. The number of carbonyl (C=O) groups is 1. The van der Waals surface area contributed by atoms with Crippen molar-refractivity contribution in [2.24, 2.45) is 5.14 Å². The van der Waals surface area contributed by atoms with Crippen molar-refractivity contribution < 1.29 is 22.7 Å². The van der Waals surface area contributed by atoms with Crippen molar-refractivity contribution >= 4 is 33.3 Å². The van der Waals surface area contributed by atoms with Crippen LogP contribution in [0.1, 0.15) is 0 Å². The predicted molar refractivity (Wildman–Crippen MR) is 80.4 cm³/mol. The van der Waals surface area contributed by atoms with Crippen molar-refractivity contribution in [3.63, 3.8) is 0 Å². The molecule has 122 valence electrons. The molecule has 0 spiro atoms. The number of amides is 2. The van der Waals surface area contributed by atoms with Crippen LogP contribution >= 0.6 is 11.6 Å². The molecule has 1 unspecified atom stereocenters. The van der Waals surface area contributed by atoms with Gasteiger partial charge in [-0.3, -0.25) is 0 Å². The fraction of sp³-hybridized carbons (Fsp3) is 0.417. The molecule has 0 bridgehead atoms. The van der Waals surface area contributed by atoms with E-state index in [1.54, 1.807) is 0 Å². The van der Waals surface area contributed by atoms with Gasteiger partial charge < -0.3 is 20.1 Å². The zero-order chi connectivity index (χ0) is 16.2. The third-order valence-corrected chi connectivity index (χ3v) is 4.13. The normalized spacial score (nSPS) is 18.7. The average Bonchev–Trinajstić information content (AvgIpc) is 2.47. The van der Waals surface area contributed by atoms with Crippen LogP contribution in [0.4, 0.5) is 10.5 Å². The summed E-state index contributed by atoms with van der Waals surface area (Å²) in [6.07, 6.45) is -0.217. The van der Waals surface area contributed by atoms with E-state index in [4.69, 9.17) is 26.2 Å². The molecule has 8 nitrogen and oxygen atoms in total. The van der Waals surface area contributed by atoms with Crippen LogP contribution in [0, 0.1) is 0 Å². The van der Waals surface area contributed by atoms with Crippen LogP contribution in [0.25, 0.3) is 0 Å². The first kappa shape index (κ1) is 17.0. The van der Waals surface area contributed by atoms with Gasteiger partial charge in [-0.1, -0.05) is 11.6 Å². The lowest BCUT2D eigenvalue weighted by atomic mass is 10.3. The van der Waals surface area contributed by atoms with E-state index in [1.807, 2.05) is 0 Å². The number of primary sulfonamides is 1. The highest BCUT2D eigenvalue weighted by atomic mass is 35.5. The van der Waals surface area contributed by atoms with E-state index in [0.717, 1.165) is 0 Å². The molecule has 1 atom stereocenters. The minimum atomic E-state index is -3.87. The fourth-order valence-corrected chi connectivity index (χ4v) is 2.51. The van der Waals surface area contributed by atoms with E-state index in [1.165, 1.54) is 18.2 Å². The van der Waals surface area contributed by atoms with Crippen LogP contribution in [0.2, 0.25) is 5.02 Å². The molecule has 1 fully saturated rings. The van der Waals surface area contributed by atoms with Gasteiger partial charge in [0.1, 0.15) is 0 Å². The summed E-state index contributed by atoms with van der Waals surface area (Å²) in [5.41, 5.74) is 0.145. The molecular formula is C12H16ClN3O5S. The van der Waals surface area contributed by atoms with Crippen molar-refractivity contribution in [2.45, 2.75) is 11.0 Å². The number of carbonyl (C=O) groups excluding carboxylic acids is 1. The van der Waals surface area contributed by atoms with Crippen LogP contribution in [0.15, 0.2) is 23.1 Å². The topological polar surface area (TPSA) is 120 Å². The van der Waals surface area contributed by atoms with Crippen LogP contribution in [0.5, 0.6) is 0 Å². The number of halogens is 1. The van der Waals surface area contributed by atoms with Gasteiger partial charge in [0.15, 0.2) is 0 Å². The Morgan fingerprint density at radius 1 is 1.41 bits per heavy atom. The maximum Gasteiger partial charge on any atom is 0.319 e. The number of benzene rings is 1.